The van der Waals surface area contributed by atoms with Gasteiger partial charge in [-0.1, -0.05) is 24.3 Å². The summed E-state index contributed by atoms with van der Waals surface area (Å²) in [4.78, 5) is 0. The van der Waals surface area contributed by atoms with Crippen molar-refractivity contribution in [1.29, 1.82) is 0 Å². The summed E-state index contributed by atoms with van der Waals surface area (Å²) in [7, 11) is 0. The molecular formula is C15H11F2. The molecule has 0 aromatic heterocycles. The Morgan fingerprint density at radius 3 is 2.41 bits per heavy atom. The summed E-state index contributed by atoms with van der Waals surface area (Å²) in [5, 5.41) is 0. The summed E-state index contributed by atoms with van der Waals surface area (Å²) in [6, 6.07) is 12.4. The summed E-state index contributed by atoms with van der Waals surface area (Å²) < 4.78 is 27.3. The maximum absolute atomic E-state index is 13.6. The van der Waals surface area contributed by atoms with E-state index >= 15 is 0 Å². The molecule has 0 bridgehead atoms. The van der Waals surface area contributed by atoms with Gasteiger partial charge >= 0.3 is 0 Å². The minimum atomic E-state index is -0.516. The van der Waals surface area contributed by atoms with E-state index < -0.39 is 11.6 Å². The fourth-order valence-corrected chi connectivity index (χ4v) is 2.04. The van der Waals surface area contributed by atoms with Crippen molar-refractivity contribution < 1.29 is 8.78 Å². The predicted octanol–water partition coefficient (Wildman–Crippen LogP) is 4.31. The maximum Gasteiger partial charge on any atom is 0.133 e. The molecule has 2 aromatic rings. The molecule has 0 spiro atoms. The third kappa shape index (κ3) is 1.95. The number of halogens is 2. The molecule has 1 aliphatic rings. The quantitative estimate of drug-likeness (QED) is 0.719. The van der Waals surface area contributed by atoms with Gasteiger partial charge in [-0.2, -0.15) is 0 Å². The zero-order valence-corrected chi connectivity index (χ0v) is 9.21. The molecule has 85 valence electrons. The third-order valence-corrected chi connectivity index (χ3v) is 3.09. The van der Waals surface area contributed by atoms with Gasteiger partial charge in [0.1, 0.15) is 11.6 Å². The summed E-state index contributed by atoms with van der Waals surface area (Å²) in [6.07, 6.45) is 2.30. The molecule has 0 unspecified atom stereocenters. The van der Waals surface area contributed by atoms with Gasteiger partial charge in [-0.25, -0.2) is 8.78 Å². The van der Waals surface area contributed by atoms with Crippen LogP contribution in [0, 0.1) is 17.7 Å². The van der Waals surface area contributed by atoms with Gasteiger partial charge in [0.05, 0.1) is 5.56 Å². The van der Waals surface area contributed by atoms with Crippen molar-refractivity contribution in [3.8, 4) is 11.1 Å². The standard InChI is InChI=1S/C15H11F2/c16-13-5-2-6-14(17)15(13)12-4-1-3-11(9-12)10-7-8-10/h1-2,4-6,9-10H,7-8H2. The number of rotatable bonds is 2. The van der Waals surface area contributed by atoms with E-state index in [1.54, 1.807) is 12.1 Å². The number of hydrogen-bond acceptors (Lipinski definition) is 0. The summed E-state index contributed by atoms with van der Waals surface area (Å²) in [5.74, 6) is -0.499. The minimum Gasteiger partial charge on any atom is -0.206 e. The van der Waals surface area contributed by atoms with Crippen LogP contribution in [0.1, 0.15) is 24.3 Å². The molecular weight excluding hydrogens is 218 g/mol. The Bertz CT molecular complexity index is 536. The Balaban J connectivity index is 2.11. The topological polar surface area (TPSA) is 0 Å². The van der Waals surface area contributed by atoms with Crippen molar-refractivity contribution in [1.82, 2.24) is 0 Å². The van der Waals surface area contributed by atoms with Crippen LogP contribution in [0.2, 0.25) is 0 Å². The van der Waals surface area contributed by atoms with Gasteiger partial charge < -0.3 is 0 Å². The van der Waals surface area contributed by atoms with Crippen LogP contribution in [0.5, 0.6) is 0 Å². The zero-order valence-electron chi connectivity index (χ0n) is 9.21. The van der Waals surface area contributed by atoms with Crippen LogP contribution < -0.4 is 0 Å². The highest BCUT2D eigenvalue weighted by Gasteiger charge is 2.24. The van der Waals surface area contributed by atoms with E-state index in [0.717, 1.165) is 18.4 Å². The molecule has 0 atom stereocenters. The SMILES string of the molecule is Fc1cccc(F)c1-c1cc[c]c(C2CC2)c1. The van der Waals surface area contributed by atoms with E-state index in [-0.39, 0.29) is 5.56 Å². The lowest BCUT2D eigenvalue weighted by Crippen LogP contribution is -1.90. The van der Waals surface area contributed by atoms with Crippen LogP contribution in [0.15, 0.2) is 36.4 Å². The minimum absolute atomic E-state index is 0.0587. The largest absolute Gasteiger partial charge is 0.206 e. The van der Waals surface area contributed by atoms with Crippen LogP contribution in [0.3, 0.4) is 0 Å². The monoisotopic (exact) mass is 229 g/mol. The highest BCUT2D eigenvalue weighted by Crippen LogP contribution is 2.41. The molecule has 0 heterocycles. The van der Waals surface area contributed by atoms with Crippen LogP contribution in [0.25, 0.3) is 11.1 Å². The van der Waals surface area contributed by atoms with Crippen LogP contribution in [-0.2, 0) is 0 Å². The molecule has 2 aromatic carbocycles. The first-order chi connectivity index (χ1) is 8.25. The average molecular weight is 229 g/mol. The van der Waals surface area contributed by atoms with Gasteiger partial charge in [0.15, 0.2) is 0 Å². The fraction of sp³-hybridized carbons (Fsp3) is 0.200. The molecule has 2 heteroatoms. The second-order valence-electron chi connectivity index (χ2n) is 4.40. The lowest BCUT2D eigenvalue weighted by Gasteiger charge is -2.06. The van der Waals surface area contributed by atoms with Crippen molar-refractivity contribution in [2.24, 2.45) is 0 Å². The van der Waals surface area contributed by atoms with Gasteiger partial charge in [-0.3, -0.25) is 0 Å². The Labute approximate surface area is 98.9 Å². The third-order valence-electron chi connectivity index (χ3n) is 3.09. The summed E-state index contributed by atoms with van der Waals surface area (Å²) >= 11 is 0. The molecule has 1 fully saturated rings. The lowest BCUT2D eigenvalue weighted by molar-refractivity contribution is 0.589. The molecule has 0 amide bonds. The van der Waals surface area contributed by atoms with E-state index in [0.29, 0.717) is 11.5 Å². The first-order valence-corrected chi connectivity index (χ1v) is 5.72. The second kappa shape index (κ2) is 3.95. The molecule has 3 rings (SSSR count). The summed E-state index contributed by atoms with van der Waals surface area (Å²) in [5.41, 5.74) is 1.72. The Morgan fingerprint density at radius 1 is 1.06 bits per heavy atom. The van der Waals surface area contributed by atoms with Crippen LogP contribution in [-0.4, -0.2) is 0 Å². The van der Waals surface area contributed by atoms with Crippen molar-refractivity contribution in [3.05, 3.63) is 59.7 Å². The van der Waals surface area contributed by atoms with Gasteiger partial charge in [-0.05, 0) is 48.1 Å². The first kappa shape index (κ1) is 10.5. The molecule has 0 aliphatic heterocycles. The van der Waals surface area contributed by atoms with Crippen molar-refractivity contribution in [2.75, 3.05) is 0 Å². The van der Waals surface area contributed by atoms with Crippen molar-refractivity contribution in [3.63, 3.8) is 0 Å². The first-order valence-electron chi connectivity index (χ1n) is 5.72. The van der Waals surface area contributed by atoms with Crippen LogP contribution >= 0.6 is 0 Å². The number of benzene rings is 2. The fourth-order valence-electron chi connectivity index (χ4n) is 2.04. The predicted molar refractivity (Wildman–Crippen MR) is 62.6 cm³/mol. The van der Waals surface area contributed by atoms with E-state index in [4.69, 9.17) is 0 Å². The van der Waals surface area contributed by atoms with E-state index in [1.165, 1.54) is 18.2 Å². The Hall–Kier alpha value is -1.70. The van der Waals surface area contributed by atoms with Crippen LogP contribution in [0.4, 0.5) is 8.78 Å². The molecule has 17 heavy (non-hydrogen) atoms. The molecule has 1 aliphatic carbocycles. The smallest absolute Gasteiger partial charge is 0.133 e. The van der Waals surface area contributed by atoms with Gasteiger partial charge in [0.25, 0.3) is 0 Å². The second-order valence-corrected chi connectivity index (χ2v) is 4.40. The van der Waals surface area contributed by atoms with Crippen molar-refractivity contribution >= 4 is 0 Å². The van der Waals surface area contributed by atoms with E-state index in [1.807, 2.05) is 6.07 Å². The maximum atomic E-state index is 13.6. The van der Waals surface area contributed by atoms with E-state index in [9.17, 15) is 8.78 Å². The summed E-state index contributed by atoms with van der Waals surface area (Å²) in [6.45, 7) is 0. The Kier molecular flexibility index (Phi) is 2.43. The Morgan fingerprint density at radius 2 is 1.76 bits per heavy atom. The van der Waals surface area contributed by atoms with Gasteiger partial charge in [-0.15, -0.1) is 0 Å². The molecule has 0 saturated heterocycles. The van der Waals surface area contributed by atoms with E-state index in [2.05, 4.69) is 6.07 Å². The lowest BCUT2D eigenvalue weighted by atomic mass is 10.0. The highest BCUT2D eigenvalue weighted by atomic mass is 19.1. The molecule has 1 radical (unpaired) electrons. The van der Waals surface area contributed by atoms with Gasteiger partial charge in [0, 0.05) is 0 Å². The highest BCUT2D eigenvalue weighted by molar-refractivity contribution is 5.65. The average Bonchev–Trinajstić information content (AvgIpc) is 3.13. The normalized spacial score (nSPS) is 14.9. The van der Waals surface area contributed by atoms with Gasteiger partial charge in [0.2, 0.25) is 0 Å². The molecule has 1 saturated carbocycles. The number of hydrogen-bond donors (Lipinski definition) is 0. The van der Waals surface area contributed by atoms with Crippen molar-refractivity contribution in [2.45, 2.75) is 18.8 Å². The zero-order chi connectivity index (χ0) is 11.8. The molecule has 0 N–H and O–H groups in total. The molecule has 0 nitrogen and oxygen atoms in total.